The van der Waals surface area contributed by atoms with E-state index in [4.69, 9.17) is 14.5 Å². The number of imidazole rings is 1. The zero-order valence-corrected chi connectivity index (χ0v) is 20.7. The van der Waals surface area contributed by atoms with Gasteiger partial charge in [0.05, 0.1) is 29.8 Å². The van der Waals surface area contributed by atoms with Gasteiger partial charge in [-0.15, -0.1) is 0 Å². The number of aryl methyl sites for hydroxylation is 1. The van der Waals surface area contributed by atoms with Crippen LogP contribution in [0.1, 0.15) is 67.2 Å². The van der Waals surface area contributed by atoms with E-state index in [0.29, 0.717) is 35.7 Å². The average Bonchev–Trinajstić information content (AvgIpc) is 3.62. The van der Waals surface area contributed by atoms with Gasteiger partial charge in [0.2, 0.25) is 5.91 Å². The standard InChI is InChI=1S/C26H37N5O4/c1-30-24-20(26(33)27-8-9-31-10-13-34-14-11-31)16-19(28-23(32)15-18-5-2-3-6-18)17-21(24)29-25(30)22-7-4-12-35-22/h16-18,22H,2-15H2,1H3,(H,27,33)(H,28,32). The lowest BCUT2D eigenvalue weighted by atomic mass is 10.0. The minimum atomic E-state index is -0.156. The van der Waals surface area contributed by atoms with Gasteiger partial charge < -0.3 is 24.7 Å². The Bertz CT molecular complexity index is 1050. The molecule has 35 heavy (non-hydrogen) atoms. The van der Waals surface area contributed by atoms with E-state index in [2.05, 4.69) is 15.5 Å². The third-order valence-electron chi connectivity index (χ3n) is 7.52. The fourth-order valence-corrected chi connectivity index (χ4v) is 5.62. The summed E-state index contributed by atoms with van der Waals surface area (Å²) in [6, 6.07) is 3.67. The molecule has 2 saturated heterocycles. The first kappa shape index (κ1) is 24.2. The molecule has 0 bridgehead atoms. The summed E-state index contributed by atoms with van der Waals surface area (Å²) in [6.45, 7) is 5.30. The summed E-state index contributed by atoms with van der Waals surface area (Å²) < 4.78 is 13.3. The molecule has 1 aromatic heterocycles. The molecule has 2 N–H and O–H groups in total. The number of benzene rings is 1. The number of carbonyl (C=O) groups is 2. The van der Waals surface area contributed by atoms with Gasteiger partial charge in [0.1, 0.15) is 11.9 Å². The lowest BCUT2D eigenvalue weighted by Crippen LogP contribution is -2.41. The normalized spacial score (nSPS) is 21.6. The summed E-state index contributed by atoms with van der Waals surface area (Å²) in [6.07, 6.45) is 7.04. The second kappa shape index (κ2) is 11.1. The molecule has 5 rings (SSSR count). The molecule has 1 atom stereocenters. The van der Waals surface area contributed by atoms with Crippen molar-refractivity contribution in [3.8, 4) is 0 Å². The number of hydrogen-bond acceptors (Lipinski definition) is 6. The number of amides is 2. The average molecular weight is 484 g/mol. The summed E-state index contributed by atoms with van der Waals surface area (Å²) in [5.74, 6) is 1.14. The molecule has 0 radical (unpaired) electrons. The smallest absolute Gasteiger partial charge is 0.253 e. The molecule has 3 aliphatic rings. The van der Waals surface area contributed by atoms with Gasteiger partial charge in [-0.3, -0.25) is 14.5 Å². The van der Waals surface area contributed by atoms with Gasteiger partial charge in [0.15, 0.2) is 0 Å². The first-order valence-corrected chi connectivity index (χ1v) is 13.1. The maximum absolute atomic E-state index is 13.4. The van der Waals surface area contributed by atoms with Crippen molar-refractivity contribution >= 4 is 28.5 Å². The van der Waals surface area contributed by atoms with Crippen molar-refractivity contribution in [3.05, 3.63) is 23.5 Å². The Kier molecular flexibility index (Phi) is 7.65. The van der Waals surface area contributed by atoms with Gasteiger partial charge in [-0.05, 0) is 43.7 Å². The predicted octanol–water partition coefficient (Wildman–Crippen LogP) is 3.01. The molecule has 2 amide bonds. The van der Waals surface area contributed by atoms with Crippen LogP contribution < -0.4 is 10.6 Å². The monoisotopic (exact) mass is 483 g/mol. The van der Waals surface area contributed by atoms with Crippen LogP contribution in [-0.2, 0) is 21.3 Å². The quantitative estimate of drug-likeness (QED) is 0.599. The molecule has 3 fully saturated rings. The van der Waals surface area contributed by atoms with E-state index in [1.165, 1.54) is 12.8 Å². The molecule has 1 aliphatic carbocycles. The first-order valence-electron chi connectivity index (χ1n) is 13.1. The van der Waals surface area contributed by atoms with E-state index in [0.717, 1.165) is 76.5 Å². The molecule has 1 unspecified atom stereocenters. The maximum atomic E-state index is 13.4. The first-order chi connectivity index (χ1) is 17.1. The second-order valence-electron chi connectivity index (χ2n) is 10.0. The largest absolute Gasteiger partial charge is 0.379 e. The molecule has 2 aliphatic heterocycles. The van der Waals surface area contributed by atoms with Crippen molar-refractivity contribution in [3.63, 3.8) is 0 Å². The second-order valence-corrected chi connectivity index (χ2v) is 10.0. The Labute approximate surface area is 206 Å². The molecule has 2 aromatic rings. The van der Waals surface area contributed by atoms with Gasteiger partial charge in [0.25, 0.3) is 5.91 Å². The Morgan fingerprint density at radius 2 is 1.89 bits per heavy atom. The SMILES string of the molecule is Cn1c(C2CCCO2)nc2cc(NC(=O)CC3CCCC3)cc(C(=O)NCCN3CCOCC3)c21. The van der Waals surface area contributed by atoms with Crippen LogP contribution in [0.2, 0.25) is 0 Å². The highest BCUT2D eigenvalue weighted by molar-refractivity contribution is 6.07. The highest BCUT2D eigenvalue weighted by Gasteiger charge is 2.26. The highest BCUT2D eigenvalue weighted by atomic mass is 16.5. The zero-order chi connectivity index (χ0) is 24.2. The van der Waals surface area contributed by atoms with Crippen LogP contribution in [0.25, 0.3) is 11.0 Å². The Hall–Kier alpha value is -2.49. The lowest BCUT2D eigenvalue weighted by molar-refractivity contribution is -0.117. The van der Waals surface area contributed by atoms with Crippen molar-refractivity contribution in [1.29, 1.82) is 0 Å². The number of nitrogens with one attached hydrogen (secondary N) is 2. The van der Waals surface area contributed by atoms with Crippen LogP contribution in [-0.4, -0.2) is 72.3 Å². The van der Waals surface area contributed by atoms with Crippen LogP contribution >= 0.6 is 0 Å². The molecule has 190 valence electrons. The van der Waals surface area contributed by atoms with E-state index in [1.54, 1.807) is 6.07 Å². The van der Waals surface area contributed by atoms with E-state index in [9.17, 15) is 9.59 Å². The van der Waals surface area contributed by atoms with E-state index in [1.807, 2.05) is 17.7 Å². The van der Waals surface area contributed by atoms with Gasteiger partial charge >= 0.3 is 0 Å². The number of carbonyl (C=O) groups excluding carboxylic acids is 2. The molecule has 1 aromatic carbocycles. The predicted molar refractivity (Wildman–Crippen MR) is 133 cm³/mol. The summed E-state index contributed by atoms with van der Waals surface area (Å²) in [5.41, 5.74) is 2.62. The Morgan fingerprint density at radius 3 is 2.63 bits per heavy atom. The summed E-state index contributed by atoms with van der Waals surface area (Å²) in [5, 5.41) is 6.12. The van der Waals surface area contributed by atoms with Gasteiger partial charge in [-0.25, -0.2) is 4.98 Å². The number of nitrogens with zero attached hydrogens (tertiary/aromatic N) is 3. The van der Waals surface area contributed by atoms with Gasteiger partial charge in [-0.1, -0.05) is 12.8 Å². The number of ether oxygens (including phenoxy) is 2. The van der Waals surface area contributed by atoms with Crippen LogP contribution in [0.5, 0.6) is 0 Å². The maximum Gasteiger partial charge on any atom is 0.253 e. The molecule has 9 nitrogen and oxygen atoms in total. The fraction of sp³-hybridized carbons (Fsp3) is 0.654. The van der Waals surface area contributed by atoms with Crippen molar-refractivity contribution in [1.82, 2.24) is 19.8 Å². The molecular weight excluding hydrogens is 446 g/mol. The van der Waals surface area contributed by atoms with Crippen molar-refractivity contribution in [2.24, 2.45) is 13.0 Å². The molecular formula is C26H37N5O4. The molecule has 3 heterocycles. The minimum absolute atomic E-state index is 0.00482. The Balaban J connectivity index is 1.37. The van der Waals surface area contributed by atoms with E-state index >= 15 is 0 Å². The van der Waals surface area contributed by atoms with Gasteiger partial charge in [0, 0.05) is 51.9 Å². The molecule has 9 heteroatoms. The number of morpholine rings is 1. The van der Waals surface area contributed by atoms with Crippen LogP contribution in [0.4, 0.5) is 5.69 Å². The summed E-state index contributed by atoms with van der Waals surface area (Å²) in [4.78, 5) is 33.2. The van der Waals surface area contributed by atoms with Crippen molar-refractivity contribution < 1.29 is 19.1 Å². The topological polar surface area (TPSA) is 97.7 Å². The summed E-state index contributed by atoms with van der Waals surface area (Å²) >= 11 is 0. The van der Waals surface area contributed by atoms with Crippen molar-refractivity contribution in [2.75, 3.05) is 51.3 Å². The third-order valence-corrected chi connectivity index (χ3v) is 7.52. The lowest BCUT2D eigenvalue weighted by Gasteiger charge is -2.26. The number of anilines is 1. The fourth-order valence-electron chi connectivity index (χ4n) is 5.62. The van der Waals surface area contributed by atoms with Crippen molar-refractivity contribution in [2.45, 2.75) is 51.0 Å². The Morgan fingerprint density at radius 1 is 1.09 bits per heavy atom. The van der Waals surface area contributed by atoms with E-state index in [-0.39, 0.29) is 17.9 Å². The number of hydrogen-bond donors (Lipinski definition) is 2. The zero-order valence-electron chi connectivity index (χ0n) is 20.7. The van der Waals surface area contributed by atoms with Crippen LogP contribution in [0.15, 0.2) is 12.1 Å². The number of aromatic nitrogens is 2. The highest BCUT2D eigenvalue weighted by Crippen LogP contribution is 2.33. The van der Waals surface area contributed by atoms with Gasteiger partial charge in [-0.2, -0.15) is 0 Å². The van der Waals surface area contributed by atoms with Crippen LogP contribution in [0, 0.1) is 5.92 Å². The molecule has 0 spiro atoms. The molecule has 1 saturated carbocycles. The summed E-state index contributed by atoms with van der Waals surface area (Å²) in [7, 11) is 1.94. The third kappa shape index (κ3) is 5.68. The van der Waals surface area contributed by atoms with E-state index < -0.39 is 0 Å². The van der Waals surface area contributed by atoms with Crippen LogP contribution in [0.3, 0.4) is 0 Å². The minimum Gasteiger partial charge on any atom is -0.379 e. The number of fused-ring (bicyclic) bond motifs is 1. The number of rotatable bonds is 8.